The molecule has 1 N–H and O–H groups in total. The smallest absolute Gasteiger partial charge is 0.253 e. The average molecular weight is 965 g/mol. The molecule has 3 heterocycles. The van der Waals surface area contributed by atoms with Crippen LogP contribution >= 0.6 is 0 Å². The molecule has 5 rings (SSSR count). The third kappa shape index (κ3) is 14.2. The maximum absolute atomic E-state index is 14.7. The minimum absolute atomic E-state index is 0.00721. The molecule has 1 aliphatic carbocycles. The van der Waals surface area contributed by atoms with Gasteiger partial charge in [0, 0.05) is 77.3 Å². The van der Waals surface area contributed by atoms with E-state index in [9.17, 15) is 38.7 Å². The molecule has 16 heteroatoms. The van der Waals surface area contributed by atoms with E-state index in [1.54, 1.807) is 31.1 Å². The average Bonchev–Trinajstić information content (AvgIpc) is 4.17. The molecule has 3 fully saturated rings. The van der Waals surface area contributed by atoms with E-state index >= 15 is 0 Å². The van der Waals surface area contributed by atoms with E-state index in [1.165, 1.54) is 12.2 Å². The van der Waals surface area contributed by atoms with Gasteiger partial charge >= 0.3 is 0 Å². The minimum atomic E-state index is -0.665. The summed E-state index contributed by atoms with van der Waals surface area (Å²) in [6.07, 6.45) is 6.68. The van der Waals surface area contributed by atoms with Gasteiger partial charge in [0.15, 0.2) is 5.78 Å². The van der Waals surface area contributed by atoms with Crippen LogP contribution in [0.15, 0.2) is 42.5 Å². The van der Waals surface area contributed by atoms with Crippen molar-refractivity contribution in [2.45, 2.75) is 142 Å². The molecular weight excluding hydrogens is 885 g/mol. The Kier molecular flexibility index (Phi) is 21.5. The zero-order valence-electron chi connectivity index (χ0n) is 42.4. The topological polar surface area (TPSA) is 190 Å². The molecule has 69 heavy (non-hydrogen) atoms. The number of hydrogen-bond acceptors (Lipinski definition) is 12. The first-order chi connectivity index (χ1) is 33.1. The third-order valence-electron chi connectivity index (χ3n) is 15.4. The van der Waals surface area contributed by atoms with Gasteiger partial charge in [-0.15, -0.1) is 0 Å². The number of Topliss-reactive ketones (excluding diaryl/α,β-unsaturated/α-hetero) is 2. The summed E-state index contributed by atoms with van der Waals surface area (Å²) in [5, 5.41) is 10.2. The monoisotopic (exact) mass is 965 g/mol. The molecule has 1 aromatic carbocycles. The lowest BCUT2D eigenvalue weighted by molar-refractivity contribution is -0.150. The number of likely N-dealkylation sites (N-methyl/N-ethyl adjacent to an activating group) is 1. The number of imide groups is 1. The number of fused-ring (bicyclic) bond motifs is 2. The highest BCUT2D eigenvalue weighted by atomic mass is 16.5. The van der Waals surface area contributed by atoms with Gasteiger partial charge in [-0.2, -0.15) is 0 Å². The fraction of sp³-hybridized carbons (Fsp3) is 0.717. The fourth-order valence-corrected chi connectivity index (χ4v) is 11.3. The molecule has 2 bridgehead atoms. The first-order valence-electron chi connectivity index (χ1n) is 25.4. The molecular formula is C53H80N4O12. The van der Waals surface area contributed by atoms with Crippen molar-refractivity contribution < 1.29 is 57.6 Å². The Labute approximate surface area is 409 Å². The minimum Gasteiger partial charge on any atom is -0.396 e. The zero-order chi connectivity index (χ0) is 50.4. The zero-order valence-corrected chi connectivity index (χ0v) is 42.4. The molecule has 16 nitrogen and oxygen atoms in total. The van der Waals surface area contributed by atoms with Crippen LogP contribution in [0.2, 0.25) is 0 Å². The van der Waals surface area contributed by atoms with Gasteiger partial charge in [0.1, 0.15) is 5.78 Å². The largest absolute Gasteiger partial charge is 0.396 e. The first kappa shape index (κ1) is 55.6. The summed E-state index contributed by atoms with van der Waals surface area (Å²) in [6.45, 7) is 11.1. The van der Waals surface area contributed by atoms with E-state index in [2.05, 4.69) is 0 Å². The van der Waals surface area contributed by atoms with E-state index in [0.29, 0.717) is 25.8 Å². The van der Waals surface area contributed by atoms with Crippen LogP contribution < -0.4 is 0 Å². The number of carbonyl (C=O) groups is 7. The second-order valence-corrected chi connectivity index (χ2v) is 20.1. The molecule has 11 atom stereocenters. The van der Waals surface area contributed by atoms with Gasteiger partial charge in [0.05, 0.1) is 76.1 Å². The van der Waals surface area contributed by atoms with Crippen LogP contribution in [0.4, 0.5) is 0 Å². The molecule has 4 aliphatic rings. The quantitative estimate of drug-likeness (QED) is 0.0830. The van der Waals surface area contributed by atoms with Gasteiger partial charge in [-0.1, -0.05) is 71.4 Å². The van der Waals surface area contributed by atoms with E-state index in [1.807, 2.05) is 69.9 Å². The number of nitrogens with zero attached hydrogens (tertiary/aromatic N) is 4. The predicted octanol–water partition coefficient (Wildman–Crippen LogP) is 4.68. The van der Waals surface area contributed by atoms with Gasteiger partial charge < -0.3 is 38.8 Å². The molecule has 0 radical (unpaired) electrons. The molecule has 1 aromatic rings. The second-order valence-electron chi connectivity index (χ2n) is 20.1. The summed E-state index contributed by atoms with van der Waals surface area (Å²) in [4.78, 5) is 101. The van der Waals surface area contributed by atoms with Crippen molar-refractivity contribution >= 4 is 41.1 Å². The highest BCUT2D eigenvalue weighted by Crippen LogP contribution is 2.44. The van der Waals surface area contributed by atoms with Crippen LogP contribution in [-0.2, 0) is 58.9 Å². The molecule has 1 saturated carbocycles. The standard InChI is InChI=1S/C53H80N4O12/c1-9-35(4)50(45(66-7)32-49(64)55-22-13-16-42(55)52(67-8)36(5)43(59)29-38(33-58)28-37-14-11-10-12-15-37)54(6)53(65)41(34(2)3)31-44(60)51-39-17-18-40(30-39)57(51)48(63)21-24-68-26-27-69-25-23-56-46(61)19-20-47(56)62/h10-12,14-15,19-20,34-36,38-42,45,50-52,58H,9,13,16-18,21-33H2,1-8H3/t35-,36-,38+,39-,40+,41-,42-,45+,50-,51-,52+/m0/s1. The lowest BCUT2D eigenvalue weighted by Gasteiger charge is -2.41. The number of carbonyl (C=O) groups excluding carboxylic acids is 7. The lowest BCUT2D eigenvalue weighted by Crippen LogP contribution is -2.54. The molecule has 0 spiro atoms. The SMILES string of the molecule is CC[C@H](C)[C@@H]([C@@H](CC(=O)N1CCC[C@H]1[C@H](OC)[C@@H](C)C(=O)C[C@H](CO)Cc1ccccc1)OC)N(C)C(=O)[C@@H](CC(=O)[C@@H]1[C@H]2CC[C@H](C2)N1C(=O)CCOCCOCCN1C(=O)C=CC1=O)C(C)C. The van der Waals surface area contributed by atoms with Gasteiger partial charge in [0.25, 0.3) is 11.8 Å². The van der Waals surface area contributed by atoms with Crippen LogP contribution in [0.1, 0.15) is 104 Å². The number of ketones is 2. The summed E-state index contributed by atoms with van der Waals surface area (Å²) in [5.41, 5.74) is 1.05. The van der Waals surface area contributed by atoms with Crippen molar-refractivity contribution in [1.82, 2.24) is 19.6 Å². The van der Waals surface area contributed by atoms with Crippen LogP contribution in [0.25, 0.3) is 0 Å². The van der Waals surface area contributed by atoms with Crippen molar-refractivity contribution in [3.8, 4) is 0 Å². The number of aliphatic hydroxyl groups excluding tert-OH is 1. The molecule has 0 unspecified atom stereocenters. The number of hydrogen-bond donors (Lipinski definition) is 1. The Balaban J connectivity index is 1.18. The molecule has 5 amide bonds. The number of benzene rings is 1. The Morgan fingerprint density at radius 3 is 2.14 bits per heavy atom. The molecule has 2 saturated heterocycles. The maximum Gasteiger partial charge on any atom is 0.253 e. The number of aliphatic hydroxyl groups is 1. The number of ether oxygens (including phenoxy) is 4. The van der Waals surface area contributed by atoms with E-state index in [-0.39, 0.29) is 142 Å². The number of rotatable bonds is 30. The number of methoxy groups -OCH3 is 2. The number of piperidine rings is 1. The molecule has 384 valence electrons. The normalized spacial score (nSPS) is 23.1. The van der Waals surface area contributed by atoms with Crippen LogP contribution in [0.5, 0.6) is 0 Å². The highest BCUT2D eigenvalue weighted by molar-refractivity contribution is 6.12. The van der Waals surface area contributed by atoms with E-state index in [4.69, 9.17) is 18.9 Å². The summed E-state index contributed by atoms with van der Waals surface area (Å²) in [7, 11) is 4.88. The van der Waals surface area contributed by atoms with E-state index in [0.717, 1.165) is 36.1 Å². The van der Waals surface area contributed by atoms with Crippen molar-refractivity contribution in [3.05, 3.63) is 48.0 Å². The first-order valence-corrected chi connectivity index (χ1v) is 25.4. The molecule has 0 aromatic heterocycles. The van der Waals surface area contributed by atoms with Crippen LogP contribution in [-0.4, -0.2) is 170 Å². The highest BCUT2D eigenvalue weighted by Gasteiger charge is 2.52. The van der Waals surface area contributed by atoms with Gasteiger partial charge in [-0.25, -0.2) is 0 Å². The van der Waals surface area contributed by atoms with Crippen LogP contribution in [0.3, 0.4) is 0 Å². The number of amides is 5. The summed E-state index contributed by atoms with van der Waals surface area (Å²) >= 11 is 0. The fourth-order valence-electron chi connectivity index (χ4n) is 11.3. The predicted molar refractivity (Wildman–Crippen MR) is 258 cm³/mol. The summed E-state index contributed by atoms with van der Waals surface area (Å²) < 4.78 is 23.3. The van der Waals surface area contributed by atoms with Gasteiger partial charge in [-0.05, 0) is 67.8 Å². The number of likely N-dealkylation sites (tertiary alicyclic amines) is 2. The Bertz CT molecular complexity index is 1910. The Morgan fingerprint density at radius 2 is 1.52 bits per heavy atom. The maximum atomic E-state index is 14.7. The van der Waals surface area contributed by atoms with Crippen molar-refractivity contribution in [2.75, 3.05) is 67.4 Å². The third-order valence-corrected chi connectivity index (χ3v) is 15.4. The Hall–Kier alpha value is -4.35. The Morgan fingerprint density at radius 1 is 0.841 bits per heavy atom. The molecule has 3 aliphatic heterocycles. The summed E-state index contributed by atoms with van der Waals surface area (Å²) in [6, 6.07) is 8.34. The second kappa shape index (κ2) is 26.7. The van der Waals surface area contributed by atoms with Gasteiger partial charge in [-0.3, -0.25) is 38.5 Å². The van der Waals surface area contributed by atoms with Crippen LogP contribution in [0, 0.1) is 35.5 Å². The van der Waals surface area contributed by atoms with Crippen molar-refractivity contribution in [3.63, 3.8) is 0 Å². The lowest BCUT2D eigenvalue weighted by atomic mass is 9.83. The van der Waals surface area contributed by atoms with E-state index < -0.39 is 36.1 Å². The van der Waals surface area contributed by atoms with Crippen molar-refractivity contribution in [2.24, 2.45) is 35.5 Å². The van der Waals surface area contributed by atoms with Gasteiger partial charge in [0.2, 0.25) is 17.7 Å². The van der Waals surface area contributed by atoms with Crippen molar-refractivity contribution in [1.29, 1.82) is 0 Å². The summed E-state index contributed by atoms with van der Waals surface area (Å²) in [5.74, 6) is -2.99.